The zero-order valence-electron chi connectivity index (χ0n) is 26.1. The van der Waals surface area contributed by atoms with Crippen LogP contribution >= 0.6 is 11.6 Å². The first-order valence-electron chi connectivity index (χ1n) is 15.5. The average Bonchev–Trinajstić information content (AvgIpc) is 3.08. The van der Waals surface area contributed by atoms with Crippen molar-refractivity contribution in [2.75, 3.05) is 10.9 Å². The van der Waals surface area contributed by atoms with Crippen molar-refractivity contribution >= 4 is 45.3 Å². The third-order valence-corrected chi connectivity index (χ3v) is 9.89. The van der Waals surface area contributed by atoms with Gasteiger partial charge in [0.2, 0.25) is 0 Å². The van der Waals surface area contributed by atoms with Crippen molar-refractivity contribution in [3.05, 3.63) is 124 Å². The minimum Gasteiger partial charge on any atom is -0.484 e. The third kappa shape index (κ3) is 9.21. The number of carbonyl (C=O) groups is 2. The van der Waals surface area contributed by atoms with E-state index in [1.165, 1.54) is 16.9 Å². The number of para-hydroxylation sites is 1. The smallest absolute Gasteiger partial charge is 0.273 e. The SMILES string of the molecule is Cc1ccc(S(=O)(=O)N(Cc2ccc(Cl)cc2)c2ccccc2C(=O)N/N=C\c2ccc(OCC(=O)NC3CCCCC3)cc2)cc1. The van der Waals surface area contributed by atoms with Crippen LogP contribution in [0.5, 0.6) is 5.75 Å². The van der Waals surface area contributed by atoms with Gasteiger partial charge in [-0.05, 0) is 91.6 Å². The van der Waals surface area contributed by atoms with E-state index in [1.54, 1.807) is 97.1 Å². The minimum absolute atomic E-state index is 0.0302. The number of hydrogen-bond donors (Lipinski definition) is 2. The molecule has 0 unspecified atom stereocenters. The van der Waals surface area contributed by atoms with Crippen LogP contribution in [-0.2, 0) is 21.4 Å². The lowest BCUT2D eigenvalue weighted by atomic mass is 9.95. The van der Waals surface area contributed by atoms with Crippen molar-refractivity contribution in [1.82, 2.24) is 10.7 Å². The molecule has 0 aliphatic heterocycles. The van der Waals surface area contributed by atoms with E-state index in [0.29, 0.717) is 21.9 Å². The maximum atomic E-state index is 14.0. The van der Waals surface area contributed by atoms with Gasteiger partial charge in [0.15, 0.2) is 6.61 Å². The molecule has 0 bridgehead atoms. The van der Waals surface area contributed by atoms with Crippen LogP contribution in [0.4, 0.5) is 5.69 Å². The molecule has 0 radical (unpaired) electrons. The van der Waals surface area contributed by atoms with Crippen LogP contribution in [0.1, 0.15) is 59.2 Å². The van der Waals surface area contributed by atoms with E-state index in [4.69, 9.17) is 16.3 Å². The predicted octanol–water partition coefficient (Wildman–Crippen LogP) is 6.64. The molecule has 2 amide bonds. The van der Waals surface area contributed by atoms with Gasteiger partial charge in [-0.1, -0.05) is 72.8 Å². The molecule has 9 nitrogen and oxygen atoms in total. The molecule has 1 aliphatic rings. The van der Waals surface area contributed by atoms with Crippen LogP contribution in [-0.4, -0.2) is 39.1 Å². The maximum Gasteiger partial charge on any atom is 0.273 e. The van der Waals surface area contributed by atoms with E-state index >= 15 is 0 Å². The molecule has 47 heavy (non-hydrogen) atoms. The Morgan fingerprint density at radius 3 is 2.30 bits per heavy atom. The van der Waals surface area contributed by atoms with Crippen LogP contribution < -0.4 is 19.8 Å². The van der Waals surface area contributed by atoms with Crippen molar-refractivity contribution in [2.24, 2.45) is 5.10 Å². The quantitative estimate of drug-likeness (QED) is 0.129. The molecule has 11 heteroatoms. The fraction of sp³-hybridized carbons (Fsp3) is 0.250. The molecule has 2 N–H and O–H groups in total. The first-order valence-corrected chi connectivity index (χ1v) is 17.3. The number of halogens is 1. The van der Waals surface area contributed by atoms with Gasteiger partial charge in [-0.15, -0.1) is 0 Å². The molecule has 0 spiro atoms. The molecule has 0 heterocycles. The lowest BCUT2D eigenvalue weighted by Gasteiger charge is -2.26. The van der Waals surface area contributed by atoms with Crippen molar-refractivity contribution in [3.8, 4) is 5.75 Å². The van der Waals surface area contributed by atoms with E-state index in [1.807, 2.05) is 6.92 Å². The molecule has 244 valence electrons. The average molecular weight is 673 g/mol. The van der Waals surface area contributed by atoms with Gasteiger partial charge in [0.05, 0.1) is 28.9 Å². The summed E-state index contributed by atoms with van der Waals surface area (Å²) in [6.45, 7) is 1.79. The van der Waals surface area contributed by atoms with Crippen LogP contribution in [0.3, 0.4) is 0 Å². The Balaban J connectivity index is 1.27. The maximum absolute atomic E-state index is 14.0. The summed E-state index contributed by atoms with van der Waals surface area (Å²) in [5, 5.41) is 7.65. The predicted molar refractivity (Wildman–Crippen MR) is 184 cm³/mol. The summed E-state index contributed by atoms with van der Waals surface area (Å²) in [6.07, 6.45) is 6.99. The van der Waals surface area contributed by atoms with Crippen LogP contribution in [0.25, 0.3) is 0 Å². The number of hydrazone groups is 1. The van der Waals surface area contributed by atoms with Crippen LogP contribution in [0.2, 0.25) is 5.02 Å². The largest absolute Gasteiger partial charge is 0.484 e. The van der Waals surface area contributed by atoms with Gasteiger partial charge in [0.25, 0.3) is 21.8 Å². The van der Waals surface area contributed by atoms with Gasteiger partial charge in [0.1, 0.15) is 5.75 Å². The number of sulfonamides is 1. The summed E-state index contributed by atoms with van der Waals surface area (Å²) in [7, 11) is -4.08. The normalized spacial score (nSPS) is 13.7. The van der Waals surface area contributed by atoms with E-state index < -0.39 is 15.9 Å². The molecule has 4 aromatic carbocycles. The summed E-state index contributed by atoms with van der Waals surface area (Å²) in [4.78, 5) is 25.7. The van der Waals surface area contributed by atoms with Gasteiger partial charge in [-0.2, -0.15) is 5.10 Å². The molecular weight excluding hydrogens is 636 g/mol. The number of nitrogens with zero attached hydrogens (tertiary/aromatic N) is 2. The number of ether oxygens (including phenoxy) is 1. The Hall–Kier alpha value is -4.67. The van der Waals surface area contributed by atoms with Gasteiger partial charge >= 0.3 is 0 Å². The molecule has 0 saturated heterocycles. The van der Waals surface area contributed by atoms with E-state index in [2.05, 4.69) is 15.8 Å². The Labute approximate surface area is 280 Å². The number of nitrogens with one attached hydrogen (secondary N) is 2. The van der Waals surface area contributed by atoms with Gasteiger partial charge in [-0.3, -0.25) is 13.9 Å². The highest BCUT2D eigenvalue weighted by molar-refractivity contribution is 7.92. The van der Waals surface area contributed by atoms with Crippen molar-refractivity contribution in [1.29, 1.82) is 0 Å². The van der Waals surface area contributed by atoms with Crippen molar-refractivity contribution in [2.45, 2.75) is 56.5 Å². The summed E-state index contributed by atoms with van der Waals surface area (Å²) in [5.74, 6) is -0.181. The Bertz CT molecular complexity index is 1810. The van der Waals surface area contributed by atoms with Crippen LogP contribution in [0, 0.1) is 6.92 Å². The fourth-order valence-electron chi connectivity index (χ4n) is 5.32. The molecule has 1 saturated carbocycles. The Morgan fingerprint density at radius 2 is 1.60 bits per heavy atom. The number of anilines is 1. The number of amides is 2. The lowest BCUT2D eigenvalue weighted by molar-refractivity contribution is -0.124. The van der Waals surface area contributed by atoms with Gasteiger partial charge in [0, 0.05) is 11.1 Å². The highest BCUT2D eigenvalue weighted by Gasteiger charge is 2.28. The topological polar surface area (TPSA) is 117 Å². The highest BCUT2D eigenvalue weighted by atomic mass is 35.5. The first kappa shape index (κ1) is 33.7. The van der Waals surface area contributed by atoms with Gasteiger partial charge < -0.3 is 10.1 Å². The monoisotopic (exact) mass is 672 g/mol. The van der Waals surface area contributed by atoms with Gasteiger partial charge in [-0.25, -0.2) is 13.8 Å². The first-order chi connectivity index (χ1) is 22.7. The number of rotatable bonds is 12. The second-order valence-electron chi connectivity index (χ2n) is 11.4. The third-order valence-electron chi connectivity index (χ3n) is 7.87. The van der Waals surface area contributed by atoms with Crippen molar-refractivity contribution < 1.29 is 22.7 Å². The van der Waals surface area contributed by atoms with Crippen molar-refractivity contribution in [3.63, 3.8) is 0 Å². The fourth-order valence-corrected chi connectivity index (χ4v) is 6.91. The molecule has 5 rings (SSSR count). The second kappa shape index (κ2) is 15.8. The Kier molecular flexibility index (Phi) is 11.3. The summed E-state index contributed by atoms with van der Waals surface area (Å²) in [5.41, 5.74) is 5.14. The zero-order chi connectivity index (χ0) is 33.2. The molecule has 0 aromatic heterocycles. The van der Waals surface area contributed by atoms with E-state index in [9.17, 15) is 18.0 Å². The summed E-state index contributed by atoms with van der Waals surface area (Å²) >= 11 is 6.07. The zero-order valence-corrected chi connectivity index (χ0v) is 27.6. The molecule has 1 aliphatic carbocycles. The Morgan fingerprint density at radius 1 is 0.915 bits per heavy atom. The molecule has 4 aromatic rings. The summed E-state index contributed by atoms with van der Waals surface area (Å²) < 4.78 is 34.8. The molecule has 0 atom stereocenters. The standard InChI is InChI=1S/C36H37ClN4O5S/c1-26-11-21-32(22-12-26)47(44,45)41(24-28-13-17-29(37)18-14-28)34-10-6-5-9-33(34)36(43)40-38-23-27-15-19-31(20-16-27)46-25-35(42)39-30-7-3-2-4-8-30/h5-6,9-23,30H,2-4,7-8,24-25H2,1H3,(H,39,42)(H,40,43)/b38-23-. The van der Waals surface area contributed by atoms with E-state index in [0.717, 1.165) is 31.2 Å². The number of aryl methyl sites for hydroxylation is 1. The number of hydrogen-bond acceptors (Lipinski definition) is 6. The van der Waals surface area contributed by atoms with E-state index in [-0.39, 0.29) is 41.2 Å². The van der Waals surface area contributed by atoms with Crippen LogP contribution in [0.15, 0.2) is 107 Å². The molecular formula is C36H37ClN4O5S. The number of benzene rings is 4. The lowest BCUT2D eigenvalue weighted by Crippen LogP contribution is -2.38. The minimum atomic E-state index is -4.08. The highest BCUT2D eigenvalue weighted by Crippen LogP contribution is 2.30. The molecule has 1 fully saturated rings. The number of carbonyl (C=O) groups excluding carboxylic acids is 2. The second-order valence-corrected chi connectivity index (χ2v) is 13.7. The summed E-state index contributed by atoms with van der Waals surface area (Å²) in [6, 6.07) is 27.1.